The molecule has 0 saturated heterocycles. The number of carboxylic acid groups (broad SMARTS) is 1. The van der Waals surface area contributed by atoms with Gasteiger partial charge in [-0.2, -0.15) is 0 Å². The second-order valence-electron chi connectivity index (χ2n) is 5.56. The number of carbonyl (C=O) groups is 2. The Morgan fingerprint density at radius 1 is 1.30 bits per heavy atom. The number of H-pyrrole nitrogens is 1. The van der Waals surface area contributed by atoms with Gasteiger partial charge in [0, 0.05) is 12.0 Å². The zero-order chi connectivity index (χ0) is 14.7. The summed E-state index contributed by atoms with van der Waals surface area (Å²) in [6, 6.07) is 0.0131. The lowest BCUT2D eigenvalue weighted by Crippen LogP contribution is -2.39. The average molecular weight is 280 g/mol. The van der Waals surface area contributed by atoms with Gasteiger partial charge in [0.1, 0.15) is 5.82 Å². The van der Waals surface area contributed by atoms with E-state index >= 15 is 0 Å². The van der Waals surface area contributed by atoms with Crippen LogP contribution in [-0.4, -0.2) is 38.2 Å². The number of aromatic amines is 1. The van der Waals surface area contributed by atoms with E-state index < -0.39 is 5.97 Å². The summed E-state index contributed by atoms with van der Waals surface area (Å²) in [5.41, 5.74) is 0. The number of carboxylic acids is 1. The maximum absolute atomic E-state index is 12.0. The van der Waals surface area contributed by atoms with Crippen LogP contribution in [0.1, 0.15) is 61.9 Å². The normalized spacial score (nSPS) is 22.8. The van der Waals surface area contributed by atoms with Gasteiger partial charge in [0.05, 0.1) is 5.92 Å². The molecule has 0 bridgehead atoms. The van der Waals surface area contributed by atoms with Crippen molar-refractivity contribution in [2.24, 2.45) is 5.92 Å². The Kier molecular flexibility index (Phi) is 4.36. The first kappa shape index (κ1) is 14.5. The van der Waals surface area contributed by atoms with Crippen molar-refractivity contribution in [1.29, 1.82) is 0 Å². The third kappa shape index (κ3) is 3.34. The summed E-state index contributed by atoms with van der Waals surface area (Å²) >= 11 is 0. The quantitative estimate of drug-likeness (QED) is 0.770. The molecule has 7 heteroatoms. The van der Waals surface area contributed by atoms with E-state index in [0.29, 0.717) is 31.5 Å². The average Bonchev–Trinajstić information content (AvgIpc) is 2.89. The summed E-state index contributed by atoms with van der Waals surface area (Å²) in [4.78, 5) is 27.0. The van der Waals surface area contributed by atoms with Crippen LogP contribution >= 0.6 is 0 Å². The highest BCUT2D eigenvalue weighted by Crippen LogP contribution is 2.24. The molecule has 7 nitrogen and oxygen atoms in total. The van der Waals surface area contributed by atoms with E-state index in [9.17, 15) is 9.59 Å². The van der Waals surface area contributed by atoms with Gasteiger partial charge in [-0.1, -0.05) is 13.8 Å². The topological polar surface area (TPSA) is 108 Å². The minimum absolute atomic E-state index is 0.0131. The Hall–Kier alpha value is -1.92. The summed E-state index contributed by atoms with van der Waals surface area (Å²) < 4.78 is 0. The molecule has 0 aliphatic heterocycles. The predicted octanol–water partition coefficient (Wildman–Crippen LogP) is 1.30. The molecule has 0 atom stereocenters. The first-order valence-electron chi connectivity index (χ1n) is 6.93. The third-order valence-corrected chi connectivity index (χ3v) is 3.66. The lowest BCUT2D eigenvalue weighted by molar-refractivity contribution is -0.142. The van der Waals surface area contributed by atoms with Crippen LogP contribution in [0.4, 0.5) is 0 Å². The van der Waals surface area contributed by atoms with E-state index in [0.717, 1.165) is 0 Å². The van der Waals surface area contributed by atoms with Crippen LogP contribution in [0, 0.1) is 5.92 Å². The molecule has 1 aliphatic rings. The summed E-state index contributed by atoms with van der Waals surface area (Å²) in [5.74, 6) is -0.301. The van der Waals surface area contributed by atoms with E-state index in [2.05, 4.69) is 20.5 Å². The standard InChI is InChI=1S/C13H20N4O3/c1-7(2)10-15-11(17-16-10)12(18)14-9-5-3-8(4-6-9)13(19)20/h7-9H,3-6H2,1-2H3,(H,14,18)(H,19,20)(H,15,16,17). The van der Waals surface area contributed by atoms with Crippen LogP contribution in [-0.2, 0) is 4.79 Å². The van der Waals surface area contributed by atoms with Crippen molar-refractivity contribution in [3.8, 4) is 0 Å². The van der Waals surface area contributed by atoms with Gasteiger partial charge in [0.25, 0.3) is 5.91 Å². The SMILES string of the molecule is CC(C)c1nc(C(=O)NC2CCC(C(=O)O)CC2)n[nH]1. The second kappa shape index (κ2) is 6.02. The van der Waals surface area contributed by atoms with Crippen molar-refractivity contribution < 1.29 is 14.7 Å². The Morgan fingerprint density at radius 3 is 2.45 bits per heavy atom. The fourth-order valence-electron chi connectivity index (χ4n) is 2.37. The van der Waals surface area contributed by atoms with Crippen LogP contribution in [0.15, 0.2) is 0 Å². The van der Waals surface area contributed by atoms with Crippen LogP contribution < -0.4 is 5.32 Å². The van der Waals surface area contributed by atoms with Crippen molar-refractivity contribution >= 4 is 11.9 Å². The highest BCUT2D eigenvalue weighted by Gasteiger charge is 2.27. The van der Waals surface area contributed by atoms with Crippen molar-refractivity contribution in [3.05, 3.63) is 11.6 Å². The third-order valence-electron chi connectivity index (χ3n) is 3.66. The Labute approximate surface area is 117 Å². The van der Waals surface area contributed by atoms with Crippen LogP contribution in [0.3, 0.4) is 0 Å². The van der Waals surface area contributed by atoms with Gasteiger partial charge >= 0.3 is 5.97 Å². The number of carbonyl (C=O) groups excluding carboxylic acids is 1. The fourth-order valence-corrected chi connectivity index (χ4v) is 2.37. The first-order chi connectivity index (χ1) is 9.47. The molecular formula is C13H20N4O3. The molecule has 1 aromatic rings. The van der Waals surface area contributed by atoms with Crippen LogP contribution in [0.2, 0.25) is 0 Å². The van der Waals surface area contributed by atoms with Crippen LogP contribution in [0.5, 0.6) is 0 Å². The zero-order valence-corrected chi connectivity index (χ0v) is 11.7. The Bertz CT molecular complexity index is 490. The van der Waals surface area contributed by atoms with Gasteiger partial charge in [-0.25, -0.2) is 4.98 Å². The summed E-state index contributed by atoms with van der Waals surface area (Å²) in [7, 11) is 0. The maximum Gasteiger partial charge on any atom is 0.306 e. The molecule has 1 saturated carbocycles. The molecule has 3 N–H and O–H groups in total. The predicted molar refractivity (Wildman–Crippen MR) is 71.3 cm³/mol. The molecule has 1 fully saturated rings. The highest BCUT2D eigenvalue weighted by atomic mass is 16.4. The molecule has 2 rings (SSSR count). The molecule has 0 spiro atoms. The van der Waals surface area contributed by atoms with E-state index in [1.807, 2.05) is 13.8 Å². The minimum atomic E-state index is -0.745. The van der Waals surface area contributed by atoms with Gasteiger partial charge in [0.15, 0.2) is 0 Å². The molecule has 0 radical (unpaired) electrons. The molecule has 0 aromatic carbocycles. The summed E-state index contributed by atoms with van der Waals surface area (Å²) in [6.07, 6.45) is 2.57. The molecule has 1 amide bonds. The smallest absolute Gasteiger partial charge is 0.306 e. The number of aliphatic carboxylic acids is 1. The van der Waals surface area contributed by atoms with Crippen molar-refractivity contribution in [3.63, 3.8) is 0 Å². The van der Waals surface area contributed by atoms with Gasteiger partial charge in [-0.05, 0) is 25.7 Å². The molecule has 20 heavy (non-hydrogen) atoms. The highest BCUT2D eigenvalue weighted by molar-refractivity contribution is 5.90. The van der Waals surface area contributed by atoms with E-state index in [-0.39, 0.29) is 29.6 Å². The number of rotatable bonds is 4. The first-order valence-corrected chi connectivity index (χ1v) is 6.93. The van der Waals surface area contributed by atoms with Gasteiger partial charge in [0.2, 0.25) is 5.82 Å². The second-order valence-corrected chi connectivity index (χ2v) is 5.56. The largest absolute Gasteiger partial charge is 0.481 e. The fraction of sp³-hybridized carbons (Fsp3) is 0.692. The van der Waals surface area contributed by atoms with E-state index in [1.54, 1.807) is 0 Å². The molecular weight excluding hydrogens is 260 g/mol. The summed E-state index contributed by atoms with van der Waals surface area (Å²) in [5, 5.41) is 18.4. The Morgan fingerprint density at radius 2 is 1.95 bits per heavy atom. The molecule has 1 aromatic heterocycles. The number of amides is 1. The van der Waals surface area contributed by atoms with Gasteiger partial charge < -0.3 is 10.4 Å². The van der Waals surface area contributed by atoms with Gasteiger partial charge in [-0.3, -0.25) is 14.7 Å². The number of hydrogen-bond acceptors (Lipinski definition) is 4. The van der Waals surface area contributed by atoms with Crippen molar-refractivity contribution in [2.45, 2.75) is 51.5 Å². The number of nitrogens with one attached hydrogen (secondary N) is 2. The monoisotopic (exact) mass is 280 g/mol. The minimum Gasteiger partial charge on any atom is -0.481 e. The lowest BCUT2D eigenvalue weighted by atomic mass is 9.86. The molecule has 0 unspecified atom stereocenters. The number of aromatic nitrogens is 3. The van der Waals surface area contributed by atoms with Crippen molar-refractivity contribution in [1.82, 2.24) is 20.5 Å². The lowest BCUT2D eigenvalue weighted by Gasteiger charge is -2.26. The zero-order valence-electron chi connectivity index (χ0n) is 11.7. The molecule has 110 valence electrons. The number of nitrogens with zero attached hydrogens (tertiary/aromatic N) is 2. The van der Waals surface area contributed by atoms with E-state index in [1.165, 1.54) is 0 Å². The maximum atomic E-state index is 12.0. The molecule has 1 heterocycles. The van der Waals surface area contributed by atoms with Crippen molar-refractivity contribution in [2.75, 3.05) is 0 Å². The van der Waals surface area contributed by atoms with E-state index in [4.69, 9.17) is 5.11 Å². The summed E-state index contributed by atoms with van der Waals surface area (Å²) in [6.45, 7) is 3.94. The Balaban J connectivity index is 1.87. The van der Waals surface area contributed by atoms with Gasteiger partial charge in [-0.15, -0.1) is 5.10 Å². The number of hydrogen-bond donors (Lipinski definition) is 3. The van der Waals surface area contributed by atoms with Crippen LogP contribution in [0.25, 0.3) is 0 Å². The molecule has 1 aliphatic carbocycles.